The quantitative estimate of drug-likeness (QED) is 0.642. The standard InChI is InChI=1S/C22H19F2N5O2/c1-13(2)28-18-12-27(3)26-19(18)21(30)29(22(28)31)20-16(23)9-15(10-17(20)24)7-6-14-5-4-8-25-11-14/h4-5,8-13,22,31H,1-3H3. The van der Waals surface area contributed by atoms with Crippen LogP contribution in [0.2, 0.25) is 0 Å². The van der Waals surface area contributed by atoms with Crippen molar-refractivity contribution in [2.75, 3.05) is 9.80 Å². The molecule has 1 aliphatic rings. The number of hydrogen-bond donors (Lipinski definition) is 1. The summed E-state index contributed by atoms with van der Waals surface area (Å²) in [6.07, 6.45) is 3.09. The number of carbonyl (C=O) groups is 1. The lowest BCUT2D eigenvalue weighted by Crippen LogP contribution is -2.58. The Bertz CT molecular complexity index is 1190. The second kappa shape index (κ2) is 7.81. The monoisotopic (exact) mass is 423 g/mol. The van der Waals surface area contributed by atoms with Gasteiger partial charge in [0.15, 0.2) is 17.3 Å². The van der Waals surface area contributed by atoms with E-state index in [4.69, 9.17) is 0 Å². The highest BCUT2D eigenvalue weighted by Crippen LogP contribution is 2.36. The second-order valence-corrected chi connectivity index (χ2v) is 7.34. The maximum atomic E-state index is 15.0. The zero-order valence-electron chi connectivity index (χ0n) is 17.0. The maximum Gasteiger partial charge on any atom is 0.284 e. The van der Waals surface area contributed by atoms with Crippen LogP contribution in [-0.2, 0) is 7.05 Å². The summed E-state index contributed by atoms with van der Waals surface area (Å²) >= 11 is 0. The Morgan fingerprint density at radius 3 is 2.45 bits per heavy atom. The largest absolute Gasteiger partial charge is 0.356 e. The average Bonchev–Trinajstić information content (AvgIpc) is 3.10. The van der Waals surface area contributed by atoms with E-state index >= 15 is 8.78 Å². The van der Waals surface area contributed by atoms with Crippen molar-refractivity contribution in [1.29, 1.82) is 0 Å². The summed E-state index contributed by atoms with van der Waals surface area (Å²) in [5.41, 5.74) is 0.406. The molecule has 1 aliphatic heterocycles. The van der Waals surface area contributed by atoms with Crippen LogP contribution in [0.5, 0.6) is 0 Å². The average molecular weight is 423 g/mol. The van der Waals surface area contributed by atoms with Crippen LogP contribution in [-0.4, -0.2) is 38.2 Å². The lowest BCUT2D eigenvalue weighted by atomic mass is 10.1. The molecule has 0 saturated carbocycles. The van der Waals surface area contributed by atoms with E-state index in [1.54, 1.807) is 45.4 Å². The molecular weight excluding hydrogens is 404 g/mol. The highest BCUT2D eigenvalue weighted by atomic mass is 19.1. The van der Waals surface area contributed by atoms with Gasteiger partial charge in [0.25, 0.3) is 5.91 Å². The summed E-state index contributed by atoms with van der Waals surface area (Å²) in [4.78, 5) is 19.1. The summed E-state index contributed by atoms with van der Waals surface area (Å²) in [6, 6.07) is 5.19. The molecule has 1 N–H and O–H groups in total. The first-order valence-electron chi connectivity index (χ1n) is 9.52. The molecular formula is C22H19F2N5O2. The zero-order chi connectivity index (χ0) is 22.3. The summed E-state index contributed by atoms with van der Waals surface area (Å²) in [6.45, 7) is 3.58. The van der Waals surface area contributed by atoms with Gasteiger partial charge in [-0.15, -0.1) is 0 Å². The number of carbonyl (C=O) groups excluding carboxylic acids is 1. The van der Waals surface area contributed by atoms with Crippen LogP contribution in [0.3, 0.4) is 0 Å². The first kappa shape index (κ1) is 20.5. The number of halogens is 2. The number of nitrogens with zero attached hydrogens (tertiary/aromatic N) is 5. The van der Waals surface area contributed by atoms with Crippen molar-refractivity contribution in [3.63, 3.8) is 0 Å². The van der Waals surface area contributed by atoms with Crippen LogP contribution in [0.4, 0.5) is 20.2 Å². The number of benzene rings is 1. The minimum absolute atomic E-state index is 0.000691. The van der Waals surface area contributed by atoms with Crippen LogP contribution in [0.1, 0.15) is 35.5 Å². The van der Waals surface area contributed by atoms with Crippen molar-refractivity contribution in [2.24, 2.45) is 7.05 Å². The van der Waals surface area contributed by atoms with E-state index in [-0.39, 0.29) is 17.3 Å². The first-order valence-corrected chi connectivity index (χ1v) is 9.52. The Balaban J connectivity index is 1.77. The molecule has 0 bridgehead atoms. The molecule has 0 saturated heterocycles. The SMILES string of the molecule is CC(C)N1c2cn(C)nc2C(=O)N(c2c(F)cc(C#Cc3cccnc3)cc2F)C1O. The molecule has 2 aromatic heterocycles. The molecule has 3 heterocycles. The smallest absolute Gasteiger partial charge is 0.284 e. The van der Waals surface area contributed by atoms with Crippen LogP contribution < -0.4 is 9.80 Å². The second-order valence-electron chi connectivity index (χ2n) is 7.34. The molecule has 9 heteroatoms. The van der Waals surface area contributed by atoms with Crippen LogP contribution in [0.15, 0.2) is 42.9 Å². The van der Waals surface area contributed by atoms with Gasteiger partial charge in [-0.3, -0.25) is 19.4 Å². The van der Waals surface area contributed by atoms with Gasteiger partial charge in [0.2, 0.25) is 6.35 Å². The van der Waals surface area contributed by atoms with Crippen LogP contribution in [0.25, 0.3) is 0 Å². The Morgan fingerprint density at radius 2 is 1.84 bits per heavy atom. The highest BCUT2D eigenvalue weighted by Gasteiger charge is 2.43. The number of aromatic nitrogens is 3. The summed E-state index contributed by atoms with van der Waals surface area (Å²) < 4.78 is 31.4. The predicted octanol–water partition coefficient (Wildman–Crippen LogP) is 2.64. The number of fused-ring (bicyclic) bond motifs is 1. The first-order chi connectivity index (χ1) is 14.8. The van der Waals surface area contributed by atoms with Crippen molar-refractivity contribution in [3.05, 3.63) is 71.3 Å². The van der Waals surface area contributed by atoms with Gasteiger partial charge < -0.3 is 10.0 Å². The minimum atomic E-state index is -1.61. The van der Waals surface area contributed by atoms with Gasteiger partial charge in [-0.1, -0.05) is 11.8 Å². The van der Waals surface area contributed by atoms with Gasteiger partial charge >= 0.3 is 0 Å². The van der Waals surface area contributed by atoms with Crippen molar-refractivity contribution in [1.82, 2.24) is 14.8 Å². The summed E-state index contributed by atoms with van der Waals surface area (Å²) in [7, 11) is 1.62. The lowest BCUT2D eigenvalue weighted by molar-refractivity contribution is 0.0836. The molecule has 0 radical (unpaired) electrons. The predicted molar refractivity (Wildman–Crippen MR) is 110 cm³/mol. The lowest BCUT2D eigenvalue weighted by Gasteiger charge is -2.42. The van der Waals surface area contributed by atoms with Crippen molar-refractivity contribution in [2.45, 2.75) is 26.2 Å². The van der Waals surface area contributed by atoms with Gasteiger partial charge in [-0.25, -0.2) is 8.78 Å². The van der Waals surface area contributed by atoms with Gasteiger partial charge in [-0.2, -0.15) is 5.10 Å². The van der Waals surface area contributed by atoms with E-state index in [0.29, 0.717) is 16.2 Å². The number of hydrogen-bond acceptors (Lipinski definition) is 5. The number of rotatable bonds is 2. The fourth-order valence-corrected chi connectivity index (χ4v) is 3.50. The third kappa shape index (κ3) is 3.62. The highest BCUT2D eigenvalue weighted by molar-refractivity contribution is 6.10. The van der Waals surface area contributed by atoms with E-state index in [9.17, 15) is 9.90 Å². The molecule has 0 aliphatic carbocycles. The Hall–Kier alpha value is -3.77. The molecule has 3 aromatic rings. The number of anilines is 2. The minimum Gasteiger partial charge on any atom is -0.356 e. The summed E-state index contributed by atoms with van der Waals surface area (Å²) in [5, 5.41) is 15.0. The number of aliphatic hydroxyl groups excluding tert-OH is 1. The third-order valence-electron chi connectivity index (χ3n) is 4.82. The molecule has 158 valence electrons. The fraction of sp³-hybridized carbons (Fsp3) is 0.227. The third-order valence-corrected chi connectivity index (χ3v) is 4.82. The van der Waals surface area contributed by atoms with Crippen molar-refractivity contribution in [3.8, 4) is 11.8 Å². The molecule has 1 aromatic carbocycles. The van der Waals surface area contributed by atoms with E-state index in [1.807, 2.05) is 0 Å². The molecule has 1 atom stereocenters. The fourth-order valence-electron chi connectivity index (χ4n) is 3.50. The molecule has 0 fully saturated rings. The van der Waals surface area contributed by atoms with E-state index in [2.05, 4.69) is 21.9 Å². The number of aliphatic hydroxyl groups is 1. The van der Waals surface area contributed by atoms with Gasteiger partial charge in [0.05, 0.1) is 5.69 Å². The normalized spacial score (nSPS) is 15.7. The van der Waals surface area contributed by atoms with E-state index < -0.39 is 29.6 Å². The Labute approximate surface area is 177 Å². The van der Waals surface area contributed by atoms with Crippen LogP contribution in [0, 0.1) is 23.5 Å². The van der Waals surface area contributed by atoms with Crippen molar-refractivity contribution >= 4 is 17.3 Å². The topological polar surface area (TPSA) is 74.5 Å². The molecule has 7 nitrogen and oxygen atoms in total. The molecule has 4 rings (SSSR count). The maximum absolute atomic E-state index is 15.0. The molecule has 0 spiro atoms. The molecule has 1 amide bonds. The summed E-state index contributed by atoms with van der Waals surface area (Å²) in [5.74, 6) is 2.61. The van der Waals surface area contributed by atoms with Gasteiger partial charge in [0, 0.05) is 42.8 Å². The van der Waals surface area contributed by atoms with Crippen LogP contribution >= 0.6 is 0 Å². The van der Waals surface area contributed by atoms with E-state index in [0.717, 1.165) is 12.1 Å². The van der Waals surface area contributed by atoms with Gasteiger partial charge in [0.1, 0.15) is 5.69 Å². The number of aryl methyl sites for hydroxylation is 1. The zero-order valence-corrected chi connectivity index (χ0v) is 17.0. The van der Waals surface area contributed by atoms with Crippen molar-refractivity contribution < 1.29 is 18.7 Å². The Kier molecular flexibility index (Phi) is 5.17. The van der Waals surface area contributed by atoms with Gasteiger partial charge in [-0.05, 0) is 38.1 Å². The Morgan fingerprint density at radius 1 is 1.16 bits per heavy atom. The van der Waals surface area contributed by atoms with E-state index in [1.165, 1.54) is 15.8 Å². The number of amides is 1. The molecule has 1 unspecified atom stereocenters. The molecule has 31 heavy (non-hydrogen) atoms. The number of pyridine rings is 1.